The van der Waals surface area contributed by atoms with Crippen LogP contribution in [0.2, 0.25) is 4.34 Å². The molecule has 0 aliphatic rings. The molecule has 3 nitrogen and oxygen atoms in total. The van der Waals surface area contributed by atoms with Crippen LogP contribution < -0.4 is 5.32 Å². The molecule has 0 unspecified atom stereocenters. The van der Waals surface area contributed by atoms with Crippen molar-refractivity contribution in [3.05, 3.63) is 50.3 Å². The van der Waals surface area contributed by atoms with Crippen LogP contribution in [-0.4, -0.2) is 16.1 Å². The van der Waals surface area contributed by atoms with E-state index in [0.717, 1.165) is 40.4 Å². The van der Waals surface area contributed by atoms with E-state index in [4.69, 9.17) is 11.6 Å². The van der Waals surface area contributed by atoms with Gasteiger partial charge in [-0.3, -0.25) is 0 Å². The van der Waals surface area contributed by atoms with E-state index in [0.29, 0.717) is 0 Å². The molecule has 1 N–H and O–H groups in total. The summed E-state index contributed by atoms with van der Waals surface area (Å²) in [6, 6.07) is 10.3. The molecule has 2 heterocycles. The molecule has 0 radical (unpaired) electrons. The minimum Gasteiger partial charge on any atom is -0.331 e. The van der Waals surface area contributed by atoms with Gasteiger partial charge in [-0.15, -0.1) is 11.3 Å². The highest BCUT2D eigenvalue weighted by Crippen LogP contribution is 2.31. The van der Waals surface area contributed by atoms with Crippen LogP contribution in [0.25, 0.3) is 11.0 Å². The molecule has 1 aromatic carbocycles. The SMILES string of the molecule is Clc1sc(CNCCCn2cnc3ccccc32)cc1Br. The molecule has 21 heavy (non-hydrogen) atoms. The smallest absolute Gasteiger partial charge is 0.107 e. The van der Waals surface area contributed by atoms with Gasteiger partial charge in [-0.1, -0.05) is 23.7 Å². The summed E-state index contributed by atoms with van der Waals surface area (Å²) >= 11 is 11.1. The third-order valence-electron chi connectivity index (χ3n) is 3.28. The van der Waals surface area contributed by atoms with Crippen molar-refractivity contribution in [2.45, 2.75) is 19.5 Å². The highest BCUT2D eigenvalue weighted by Gasteiger charge is 2.04. The summed E-state index contributed by atoms with van der Waals surface area (Å²) in [6.07, 6.45) is 2.99. The lowest BCUT2D eigenvalue weighted by molar-refractivity contribution is 0.591. The van der Waals surface area contributed by atoms with Crippen molar-refractivity contribution in [2.75, 3.05) is 6.54 Å². The fraction of sp³-hybridized carbons (Fsp3) is 0.267. The average molecular weight is 385 g/mol. The molecule has 0 spiro atoms. The predicted molar refractivity (Wildman–Crippen MR) is 93.1 cm³/mol. The number of para-hydroxylation sites is 2. The Kier molecular flexibility index (Phi) is 4.95. The Morgan fingerprint density at radius 1 is 1.33 bits per heavy atom. The van der Waals surface area contributed by atoms with Gasteiger partial charge in [0, 0.05) is 22.4 Å². The van der Waals surface area contributed by atoms with Gasteiger partial charge in [-0.2, -0.15) is 0 Å². The zero-order valence-corrected chi connectivity index (χ0v) is 14.5. The number of thiophene rings is 1. The Morgan fingerprint density at radius 2 is 2.19 bits per heavy atom. The quantitative estimate of drug-likeness (QED) is 0.625. The number of aryl methyl sites for hydroxylation is 1. The van der Waals surface area contributed by atoms with E-state index >= 15 is 0 Å². The highest BCUT2D eigenvalue weighted by molar-refractivity contribution is 9.10. The lowest BCUT2D eigenvalue weighted by Crippen LogP contribution is -2.15. The number of fused-ring (bicyclic) bond motifs is 1. The molecule has 0 saturated carbocycles. The van der Waals surface area contributed by atoms with E-state index in [1.807, 2.05) is 18.5 Å². The normalized spacial score (nSPS) is 11.3. The van der Waals surface area contributed by atoms with Crippen LogP contribution in [-0.2, 0) is 13.1 Å². The molecule has 2 aromatic heterocycles. The third kappa shape index (κ3) is 3.66. The minimum atomic E-state index is 0.816. The fourth-order valence-corrected chi connectivity index (χ4v) is 4.01. The summed E-state index contributed by atoms with van der Waals surface area (Å²) in [5.74, 6) is 0. The number of imidazole rings is 1. The standard InChI is InChI=1S/C15H15BrClN3S/c16-12-8-11(21-15(12)17)9-18-6-3-7-20-10-19-13-4-1-2-5-14(13)20/h1-2,4-5,8,10,18H,3,6-7,9H2. The molecule has 0 saturated heterocycles. The van der Waals surface area contributed by atoms with Crippen molar-refractivity contribution in [3.63, 3.8) is 0 Å². The number of aromatic nitrogens is 2. The van der Waals surface area contributed by atoms with Crippen molar-refractivity contribution < 1.29 is 0 Å². The first kappa shape index (κ1) is 15.0. The van der Waals surface area contributed by atoms with Crippen LogP contribution in [0, 0.1) is 0 Å². The lowest BCUT2D eigenvalue weighted by atomic mass is 10.3. The largest absolute Gasteiger partial charge is 0.331 e. The maximum atomic E-state index is 6.03. The van der Waals surface area contributed by atoms with Gasteiger partial charge in [-0.25, -0.2) is 4.98 Å². The van der Waals surface area contributed by atoms with E-state index in [-0.39, 0.29) is 0 Å². The predicted octanol–water partition coefficient (Wildman–Crippen LogP) is 4.69. The van der Waals surface area contributed by atoms with Crippen molar-refractivity contribution >= 4 is 49.9 Å². The maximum Gasteiger partial charge on any atom is 0.107 e. The van der Waals surface area contributed by atoms with Gasteiger partial charge < -0.3 is 9.88 Å². The van der Waals surface area contributed by atoms with Crippen LogP contribution in [0.5, 0.6) is 0 Å². The van der Waals surface area contributed by atoms with Gasteiger partial charge in [0.2, 0.25) is 0 Å². The number of halogens is 2. The van der Waals surface area contributed by atoms with Crippen LogP contribution >= 0.6 is 38.9 Å². The summed E-state index contributed by atoms with van der Waals surface area (Å²) in [5.41, 5.74) is 2.26. The Morgan fingerprint density at radius 3 is 3.00 bits per heavy atom. The number of nitrogens with one attached hydrogen (secondary N) is 1. The van der Waals surface area contributed by atoms with Crippen molar-refractivity contribution in [1.82, 2.24) is 14.9 Å². The third-order valence-corrected chi connectivity index (χ3v) is 5.75. The van der Waals surface area contributed by atoms with Crippen molar-refractivity contribution in [1.29, 1.82) is 0 Å². The van der Waals surface area contributed by atoms with Gasteiger partial charge >= 0.3 is 0 Å². The Labute approximate surface area is 141 Å². The number of hydrogen-bond acceptors (Lipinski definition) is 3. The van der Waals surface area contributed by atoms with E-state index in [2.05, 4.69) is 49.0 Å². The van der Waals surface area contributed by atoms with Crippen LogP contribution in [0.3, 0.4) is 0 Å². The van der Waals surface area contributed by atoms with Crippen LogP contribution in [0.4, 0.5) is 0 Å². The molecule has 0 aliphatic heterocycles. The summed E-state index contributed by atoms with van der Waals surface area (Å²) < 4.78 is 4.00. The van der Waals surface area contributed by atoms with E-state index in [9.17, 15) is 0 Å². The Hall–Kier alpha value is -0.880. The number of hydrogen-bond donors (Lipinski definition) is 1. The summed E-state index contributed by atoms with van der Waals surface area (Å²) in [7, 11) is 0. The number of rotatable bonds is 6. The molecule has 3 rings (SSSR count). The van der Waals surface area contributed by atoms with Gasteiger partial charge in [0.25, 0.3) is 0 Å². The molecule has 3 aromatic rings. The van der Waals surface area contributed by atoms with Crippen LogP contribution in [0.15, 0.2) is 41.1 Å². The fourth-order valence-electron chi connectivity index (χ4n) is 2.25. The zero-order chi connectivity index (χ0) is 14.7. The van der Waals surface area contributed by atoms with Crippen LogP contribution in [0.1, 0.15) is 11.3 Å². The Bertz CT molecular complexity index is 718. The second-order valence-corrected chi connectivity index (χ2v) is 7.38. The minimum absolute atomic E-state index is 0.816. The van der Waals surface area contributed by atoms with Crippen molar-refractivity contribution in [3.8, 4) is 0 Å². The summed E-state index contributed by atoms with van der Waals surface area (Å²) in [5, 5.41) is 3.45. The second-order valence-electron chi connectivity index (χ2n) is 4.79. The monoisotopic (exact) mass is 383 g/mol. The lowest BCUT2D eigenvalue weighted by Gasteiger charge is -2.05. The summed E-state index contributed by atoms with van der Waals surface area (Å²) in [4.78, 5) is 5.65. The molecular formula is C15H15BrClN3S. The Balaban J connectivity index is 1.46. The van der Waals surface area contributed by atoms with Gasteiger partial charge in [0.15, 0.2) is 0 Å². The first-order chi connectivity index (χ1) is 10.2. The molecular weight excluding hydrogens is 370 g/mol. The molecule has 0 fully saturated rings. The maximum absolute atomic E-state index is 6.03. The molecule has 0 amide bonds. The first-order valence-corrected chi connectivity index (χ1v) is 8.77. The van der Waals surface area contributed by atoms with E-state index in [1.165, 1.54) is 10.4 Å². The number of benzene rings is 1. The molecule has 6 heteroatoms. The van der Waals surface area contributed by atoms with E-state index < -0.39 is 0 Å². The second kappa shape index (κ2) is 6.92. The average Bonchev–Trinajstić information content (AvgIpc) is 3.03. The molecule has 0 bridgehead atoms. The van der Waals surface area contributed by atoms with Gasteiger partial charge in [-0.05, 0) is 47.1 Å². The van der Waals surface area contributed by atoms with Crippen molar-refractivity contribution in [2.24, 2.45) is 0 Å². The molecule has 0 atom stereocenters. The topological polar surface area (TPSA) is 29.9 Å². The van der Waals surface area contributed by atoms with E-state index in [1.54, 1.807) is 11.3 Å². The van der Waals surface area contributed by atoms with Gasteiger partial charge in [0.1, 0.15) is 4.34 Å². The molecule has 0 aliphatic carbocycles. The molecule has 110 valence electrons. The first-order valence-electron chi connectivity index (χ1n) is 6.78. The summed E-state index contributed by atoms with van der Waals surface area (Å²) in [6.45, 7) is 2.81. The van der Waals surface area contributed by atoms with Gasteiger partial charge in [0.05, 0.1) is 17.4 Å². The highest BCUT2D eigenvalue weighted by atomic mass is 79.9. The number of nitrogens with zero attached hydrogens (tertiary/aromatic N) is 2. The zero-order valence-electron chi connectivity index (χ0n) is 11.4.